The maximum Gasteiger partial charge on any atom is 0.253 e. The van der Waals surface area contributed by atoms with Crippen LogP contribution in [0, 0.1) is 6.92 Å². The number of aryl methyl sites for hydroxylation is 1. The van der Waals surface area contributed by atoms with Crippen LogP contribution in [0.2, 0.25) is 0 Å². The Morgan fingerprint density at radius 1 is 0.906 bits per heavy atom. The van der Waals surface area contributed by atoms with Crippen molar-refractivity contribution >= 4 is 21.6 Å². The van der Waals surface area contributed by atoms with Gasteiger partial charge in [0, 0.05) is 19.2 Å². The van der Waals surface area contributed by atoms with Crippen molar-refractivity contribution in [2.24, 2.45) is 0 Å². The zero-order chi connectivity index (χ0) is 23.3. The van der Waals surface area contributed by atoms with E-state index in [0.29, 0.717) is 17.8 Å². The molecule has 1 amide bonds. The number of benzene rings is 3. The van der Waals surface area contributed by atoms with Gasteiger partial charge in [-0.15, -0.1) is 0 Å². The minimum absolute atomic E-state index is 0.106. The minimum atomic E-state index is -3.46. The van der Waals surface area contributed by atoms with Crippen LogP contribution in [0.25, 0.3) is 0 Å². The van der Waals surface area contributed by atoms with E-state index in [1.807, 2.05) is 49.4 Å². The Morgan fingerprint density at radius 2 is 1.50 bits per heavy atom. The van der Waals surface area contributed by atoms with Crippen molar-refractivity contribution < 1.29 is 17.9 Å². The molecule has 0 spiro atoms. The maximum atomic E-state index is 12.8. The lowest BCUT2D eigenvalue weighted by Crippen LogP contribution is -2.29. The van der Waals surface area contributed by atoms with Gasteiger partial charge >= 0.3 is 0 Å². The SMILES string of the molecule is COc1ccc(CN(C)C(=O)c2ccc(CN(c3cccc(C)c3)S(C)(=O)=O)cc2)cc1. The zero-order valence-corrected chi connectivity index (χ0v) is 19.6. The molecule has 3 aromatic rings. The Hall–Kier alpha value is -3.32. The summed E-state index contributed by atoms with van der Waals surface area (Å²) in [4.78, 5) is 14.5. The summed E-state index contributed by atoms with van der Waals surface area (Å²) in [6.07, 6.45) is 1.20. The molecule has 0 aliphatic carbocycles. The van der Waals surface area contributed by atoms with Gasteiger partial charge in [-0.2, -0.15) is 0 Å². The molecule has 0 unspecified atom stereocenters. The number of ether oxygens (including phenoxy) is 1. The second kappa shape index (κ2) is 9.87. The van der Waals surface area contributed by atoms with Gasteiger partial charge in [-0.3, -0.25) is 9.10 Å². The number of amides is 1. The van der Waals surface area contributed by atoms with Gasteiger partial charge in [0.15, 0.2) is 0 Å². The lowest BCUT2D eigenvalue weighted by molar-refractivity contribution is 0.0785. The molecule has 6 nitrogen and oxygen atoms in total. The second-order valence-corrected chi connectivity index (χ2v) is 9.72. The quantitative estimate of drug-likeness (QED) is 0.513. The molecule has 0 saturated carbocycles. The van der Waals surface area contributed by atoms with E-state index < -0.39 is 10.0 Å². The Balaban J connectivity index is 1.72. The Morgan fingerprint density at radius 3 is 2.06 bits per heavy atom. The topological polar surface area (TPSA) is 66.9 Å². The van der Waals surface area contributed by atoms with Crippen LogP contribution >= 0.6 is 0 Å². The monoisotopic (exact) mass is 452 g/mol. The number of hydrogen-bond donors (Lipinski definition) is 0. The number of nitrogens with zero attached hydrogens (tertiary/aromatic N) is 2. The van der Waals surface area contributed by atoms with Crippen LogP contribution in [0.4, 0.5) is 5.69 Å². The molecule has 0 aromatic heterocycles. The van der Waals surface area contributed by atoms with Gasteiger partial charge in [-0.25, -0.2) is 8.42 Å². The summed E-state index contributed by atoms with van der Waals surface area (Å²) in [7, 11) is -0.0942. The molecule has 0 saturated heterocycles. The fraction of sp³-hybridized carbons (Fsp3) is 0.240. The number of anilines is 1. The first-order chi connectivity index (χ1) is 15.2. The van der Waals surface area contributed by atoms with Crippen molar-refractivity contribution in [2.45, 2.75) is 20.0 Å². The van der Waals surface area contributed by atoms with E-state index in [9.17, 15) is 13.2 Å². The van der Waals surface area contributed by atoms with Crippen LogP contribution in [0.1, 0.15) is 27.0 Å². The third kappa shape index (κ3) is 5.88. The van der Waals surface area contributed by atoms with E-state index in [1.54, 1.807) is 49.4 Å². The summed E-state index contributed by atoms with van der Waals surface area (Å²) < 4.78 is 31.3. The van der Waals surface area contributed by atoms with Crippen LogP contribution in [0.15, 0.2) is 72.8 Å². The van der Waals surface area contributed by atoms with Crippen LogP contribution in [-0.4, -0.2) is 39.6 Å². The first-order valence-electron chi connectivity index (χ1n) is 10.2. The van der Waals surface area contributed by atoms with Crippen LogP contribution in [0.3, 0.4) is 0 Å². The molecular formula is C25H28N2O4S. The first kappa shape index (κ1) is 23.3. The summed E-state index contributed by atoms with van der Waals surface area (Å²) in [5.41, 5.74) is 3.95. The predicted octanol–water partition coefficient (Wildman–Crippen LogP) is 4.24. The molecule has 7 heteroatoms. The molecule has 0 aliphatic rings. The average molecular weight is 453 g/mol. The highest BCUT2D eigenvalue weighted by atomic mass is 32.2. The molecular weight excluding hydrogens is 424 g/mol. The van der Waals surface area contributed by atoms with Gasteiger partial charge in [0.05, 0.1) is 25.6 Å². The number of hydrogen-bond acceptors (Lipinski definition) is 4. The summed E-state index contributed by atoms with van der Waals surface area (Å²) in [5, 5.41) is 0. The third-order valence-corrected chi connectivity index (χ3v) is 6.28. The number of sulfonamides is 1. The minimum Gasteiger partial charge on any atom is -0.497 e. The van der Waals surface area contributed by atoms with Gasteiger partial charge in [-0.1, -0.05) is 36.4 Å². The van der Waals surface area contributed by atoms with E-state index in [-0.39, 0.29) is 12.5 Å². The lowest BCUT2D eigenvalue weighted by Gasteiger charge is -2.23. The van der Waals surface area contributed by atoms with E-state index in [2.05, 4.69) is 0 Å². The van der Waals surface area contributed by atoms with Gasteiger partial charge in [-0.05, 0) is 60.0 Å². The van der Waals surface area contributed by atoms with Crippen molar-refractivity contribution in [3.8, 4) is 5.75 Å². The maximum absolute atomic E-state index is 12.8. The van der Waals surface area contributed by atoms with Crippen molar-refractivity contribution in [3.05, 3.63) is 95.1 Å². The molecule has 0 atom stereocenters. The van der Waals surface area contributed by atoms with E-state index in [0.717, 1.165) is 22.4 Å². The van der Waals surface area contributed by atoms with Crippen LogP contribution < -0.4 is 9.04 Å². The zero-order valence-electron chi connectivity index (χ0n) is 18.8. The van der Waals surface area contributed by atoms with Gasteiger partial charge in [0.1, 0.15) is 5.75 Å². The fourth-order valence-corrected chi connectivity index (χ4v) is 4.28. The summed E-state index contributed by atoms with van der Waals surface area (Å²) in [6, 6.07) is 22.0. The Kier molecular flexibility index (Phi) is 7.20. The van der Waals surface area contributed by atoms with E-state index in [4.69, 9.17) is 4.74 Å². The molecule has 168 valence electrons. The van der Waals surface area contributed by atoms with Gasteiger partial charge < -0.3 is 9.64 Å². The number of carbonyl (C=O) groups excluding carboxylic acids is 1. The normalized spacial score (nSPS) is 11.1. The molecule has 0 bridgehead atoms. The van der Waals surface area contributed by atoms with Crippen LogP contribution in [-0.2, 0) is 23.1 Å². The third-order valence-electron chi connectivity index (χ3n) is 5.14. The molecule has 3 rings (SSSR count). The van der Waals surface area contributed by atoms with Crippen molar-refractivity contribution in [2.75, 3.05) is 24.7 Å². The van der Waals surface area contributed by atoms with Crippen LogP contribution in [0.5, 0.6) is 5.75 Å². The molecule has 0 heterocycles. The van der Waals surface area contributed by atoms with Crippen molar-refractivity contribution in [1.29, 1.82) is 0 Å². The van der Waals surface area contributed by atoms with E-state index in [1.165, 1.54) is 10.6 Å². The summed E-state index contributed by atoms with van der Waals surface area (Å²) in [6.45, 7) is 2.59. The smallest absolute Gasteiger partial charge is 0.253 e. The second-order valence-electron chi connectivity index (χ2n) is 7.81. The summed E-state index contributed by atoms with van der Waals surface area (Å²) in [5.74, 6) is 0.665. The average Bonchev–Trinajstić information content (AvgIpc) is 2.77. The Labute approximate surface area is 190 Å². The highest BCUT2D eigenvalue weighted by Gasteiger charge is 2.19. The highest BCUT2D eigenvalue weighted by Crippen LogP contribution is 2.22. The largest absolute Gasteiger partial charge is 0.497 e. The highest BCUT2D eigenvalue weighted by molar-refractivity contribution is 7.92. The standard InChI is InChI=1S/C25H28N2O4S/c1-19-6-5-7-23(16-19)27(32(4,29)30)18-21-8-12-22(13-9-21)25(28)26(2)17-20-10-14-24(31-3)15-11-20/h5-16H,17-18H2,1-4H3. The molecule has 0 radical (unpaired) electrons. The first-order valence-corrected chi connectivity index (χ1v) is 12.0. The summed E-state index contributed by atoms with van der Waals surface area (Å²) >= 11 is 0. The Bertz CT molecular complexity index is 1170. The number of carbonyl (C=O) groups is 1. The molecule has 3 aromatic carbocycles. The van der Waals surface area contributed by atoms with Crippen molar-refractivity contribution in [3.63, 3.8) is 0 Å². The van der Waals surface area contributed by atoms with E-state index >= 15 is 0 Å². The van der Waals surface area contributed by atoms with Gasteiger partial charge in [0.2, 0.25) is 10.0 Å². The number of methoxy groups -OCH3 is 1. The molecule has 0 N–H and O–H groups in total. The molecule has 32 heavy (non-hydrogen) atoms. The predicted molar refractivity (Wildman–Crippen MR) is 127 cm³/mol. The molecule has 0 fully saturated rings. The fourth-order valence-electron chi connectivity index (χ4n) is 3.40. The molecule has 0 aliphatic heterocycles. The lowest BCUT2D eigenvalue weighted by atomic mass is 10.1. The van der Waals surface area contributed by atoms with Crippen molar-refractivity contribution in [1.82, 2.24) is 4.90 Å². The van der Waals surface area contributed by atoms with Gasteiger partial charge in [0.25, 0.3) is 5.91 Å². The number of rotatable bonds is 8.